The molecule has 1 saturated carbocycles. The number of anilines is 2. The first-order chi connectivity index (χ1) is 16.3. The molecule has 0 unspecified atom stereocenters. The van der Waals surface area contributed by atoms with Crippen molar-refractivity contribution >= 4 is 46.7 Å². The lowest BCUT2D eigenvalue weighted by Gasteiger charge is -2.19. The molecule has 2 aromatic carbocycles. The van der Waals surface area contributed by atoms with Gasteiger partial charge in [0.05, 0.1) is 23.4 Å². The molecule has 3 amide bonds. The second-order valence-corrected chi connectivity index (χ2v) is 9.70. The van der Waals surface area contributed by atoms with Crippen LogP contribution in [0.5, 0.6) is 5.75 Å². The van der Waals surface area contributed by atoms with Crippen LogP contribution < -0.4 is 14.5 Å². The molecule has 0 N–H and O–H groups in total. The standard InChI is InChI=1S/C26H25ClN2O5/c1-15-12-19(10-11-22(15)29-24(31)20-4-2-3-5-21(20)25(29)32)34-26(33)16-13-23(30)28(14-16)18-8-6-17(27)7-9-18/h6-12,16,20-21H,2-5,13-14H2,1H3/t16-,20-,21-/m1/s1. The molecule has 3 fully saturated rings. The third-order valence-electron chi connectivity index (χ3n) is 7.07. The highest BCUT2D eigenvalue weighted by Gasteiger charge is 2.49. The summed E-state index contributed by atoms with van der Waals surface area (Å²) < 4.78 is 5.57. The van der Waals surface area contributed by atoms with Crippen LogP contribution in [0.3, 0.4) is 0 Å². The molecule has 0 aromatic heterocycles. The van der Waals surface area contributed by atoms with Gasteiger partial charge in [0.15, 0.2) is 0 Å². The van der Waals surface area contributed by atoms with Gasteiger partial charge in [-0.1, -0.05) is 24.4 Å². The van der Waals surface area contributed by atoms with E-state index < -0.39 is 11.9 Å². The van der Waals surface area contributed by atoms with Gasteiger partial charge in [-0.05, 0) is 67.8 Å². The predicted molar refractivity (Wildman–Crippen MR) is 127 cm³/mol. The van der Waals surface area contributed by atoms with E-state index in [4.69, 9.17) is 16.3 Å². The third-order valence-corrected chi connectivity index (χ3v) is 7.32. The molecule has 3 atom stereocenters. The Labute approximate surface area is 202 Å². The number of amides is 3. The summed E-state index contributed by atoms with van der Waals surface area (Å²) in [6.45, 7) is 2.02. The van der Waals surface area contributed by atoms with Crippen molar-refractivity contribution in [1.82, 2.24) is 0 Å². The van der Waals surface area contributed by atoms with Gasteiger partial charge in [0.1, 0.15) is 5.75 Å². The van der Waals surface area contributed by atoms with Gasteiger partial charge >= 0.3 is 5.97 Å². The van der Waals surface area contributed by atoms with Crippen molar-refractivity contribution in [3.63, 3.8) is 0 Å². The lowest BCUT2D eigenvalue weighted by molar-refractivity contribution is -0.139. The van der Waals surface area contributed by atoms with Crippen LogP contribution in [0.25, 0.3) is 0 Å². The van der Waals surface area contributed by atoms with Gasteiger partial charge in [0.2, 0.25) is 17.7 Å². The molecule has 0 bridgehead atoms. The lowest BCUT2D eigenvalue weighted by Crippen LogP contribution is -2.31. The summed E-state index contributed by atoms with van der Waals surface area (Å²) in [4.78, 5) is 53.9. The number of carbonyl (C=O) groups is 4. The van der Waals surface area contributed by atoms with Crippen LogP contribution in [0, 0.1) is 24.7 Å². The van der Waals surface area contributed by atoms with E-state index in [0.717, 1.165) is 25.7 Å². The van der Waals surface area contributed by atoms with E-state index in [1.165, 1.54) is 4.90 Å². The van der Waals surface area contributed by atoms with E-state index in [0.29, 0.717) is 27.7 Å². The van der Waals surface area contributed by atoms with E-state index in [-0.39, 0.29) is 42.5 Å². The van der Waals surface area contributed by atoms with Crippen LogP contribution in [-0.4, -0.2) is 30.2 Å². The average molecular weight is 481 g/mol. The molecule has 2 aromatic rings. The minimum absolute atomic E-state index is 0.0675. The number of hydrogen-bond donors (Lipinski definition) is 0. The van der Waals surface area contributed by atoms with Crippen LogP contribution >= 0.6 is 11.6 Å². The Morgan fingerprint density at radius 2 is 1.62 bits per heavy atom. The van der Waals surface area contributed by atoms with Gasteiger partial charge < -0.3 is 9.64 Å². The largest absolute Gasteiger partial charge is 0.426 e. The number of carbonyl (C=O) groups excluding carboxylic acids is 4. The number of ether oxygens (including phenoxy) is 1. The molecule has 7 nitrogen and oxygen atoms in total. The summed E-state index contributed by atoms with van der Waals surface area (Å²) in [7, 11) is 0. The summed E-state index contributed by atoms with van der Waals surface area (Å²) in [5.74, 6) is -1.61. The molecule has 34 heavy (non-hydrogen) atoms. The van der Waals surface area contributed by atoms with Crippen molar-refractivity contribution in [3.8, 4) is 5.75 Å². The highest BCUT2D eigenvalue weighted by molar-refractivity contribution is 6.30. The summed E-state index contributed by atoms with van der Waals surface area (Å²) >= 11 is 5.92. The van der Waals surface area contributed by atoms with Gasteiger partial charge in [-0.25, -0.2) is 4.90 Å². The number of aryl methyl sites for hydroxylation is 1. The minimum Gasteiger partial charge on any atom is -0.426 e. The van der Waals surface area contributed by atoms with Gasteiger partial charge in [-0.3, -0.25) is 19.2 Å². The first-order valence-corrected chi connectivity index (χ1v) is 12.0. The highest BCUT2D eigenvalue weighted by atomic mass is 35.5. The molecule has 2 saturated heterocycles. The number of fused-ring (bicyclic) bond motifs is 1. The van der Waals surface area contributed by atoms with Crippen molar-refractivity contribution in [2.24, 2.45) is 17.8 Å². The zero-order valence-electron chi connectivity index (χ0n) is 18.8. The zero-order valence-corrected chi connectivity index (χ0v) is 19.6. The SMILES string of the molecule is Cc1cc(OC(=O)[C@@H]2CC(=O)N(c3ccc(Cl)cc3)C2)ccc1N1C(=O)[C@@H]2CCCC[C@H]2C1=O. The third kappa shape index (κ3) is 3.98. The molecular formula is C26H25ClN2O5. The van der Waals surface area contributed by atoms with Gasteiger partial charge in [0.25, 0.3) is 0 Å². The number of rotatable bonds is 4. The summed E-state index contributed by atoms with van der Waals surface area (Å²) in [6.07, 6.45) is 3.53. The molecule has 5 rings (SSSR count). The molecule has 1 aliphatic carbocycles. The first-order valence-electron chi connectivity index (χ1n) is 11.6. The van der Waals surface area contributed by atoms with Crippen LogP contribution in [-0.2, 0) is 19.2 Å². The fraction of sp³-hybridized carbons (Fsp3) is 0.385. The van der Waals surface area contributed by atoms with Crippen LogP contribution in [0.2, 0.25) is 5.02 Å². The van der Waals surface area contributed by atoms with Crippen molar-refractivity contribution in [2.75, 3.05) is 16.3 Å². The molecule has 0 spiro atoms. The van der Waals surface area contributed by atoms with Gasteiger partial charge in [-0.15, -0.1) is 0 Å². The topological polar surface area (TPSA) is 84.0 Å². The molecular weight excluding hydrogens is 456 g/mol. The van der Waals surface area contributed by atoms with E-state index in [1.54, 1.807) is 54.3 Å². The number of halogens is 1. The first kappa shape index (κ1) is 22.6. The van der Waals surface area contributed by atoms with Crippen molar-refractivity contribution in [2.45, 2.75) is 39.0 Å². The Hall–Kier alpha value is -3.19. The molecule has 0 radical (unpaired) electrons. The normalized spacial score (nSPS) is 24.5. The van der Waals surface area contributed by atoms with Crippen molar-refractivity contribution in [3.05, 3.63) is 53.1 Å². The number of benzene rings is 2. The van der Waals surface area contributed by atoms with Crippen LogP contribution in [0.1, 0.15) is 37.7 Å². The molecule has 3 aliphatic rings. The Bertz CT molecular complexity index is 1150. The van der Waals surface area contributed by atoms with E-state index in [1.807, 2.05) is 0 Å². The molecule has 8 heteroatoms. The zero-order chi connectivity index (χ0) is 24.0. The molecule has 2 aliphatic heterocycles. The Balaban J connectivity index is 1.28. The van der Waals surface area contributed by atoms with Crippen LogP contribution in [0.4, 0.5) is 11.4 Å². The lowest BCUT2D eigenvalue weighted by atomic mass is 9.81. The second-order valence-electron chi connectivity index (χ2n) is 9.26. The Morgan fingerprint density at radius 3 is 2.24 bits per heavy atom. The highest BCUT2D eigenvalue weighted by Crippen LogP contribution is 2.41. The van der Waals surface area contributed by atoms with Crippen molar-refractivity contribution < 1.29 is 23.9 Å². The maximum atomic E-state index is 12.9. The summed E-state index contributed by atoms with van der Waals surface area (Å²) in [6, 6.07) is 11.8. The minimum atomic E-state index is -0.590. The molecule has 2 heterocycles. The van der Waals surface area contributed by atoms with E-state index >= 15 is 0 Å². The van der Waals surface area contributed by atoms with E-state index in [9.17, 15) is 19.2 Å². The van der Waals surface area contributed by atoms with E-state index in [2.05, 4.69) is 0 Å². The van der Waals surface area contributed by atoms with Gasteiger partial charge in [-0.2, -0.15) is 0 Å². The van der Waals surface area contributed by atoms with Crippen molar-refractivity contribution in [1.29, 1.82) is 0 Å². The average Bonchev–Trinajstić information content (AvgIpc) is 3.33. The number of imide groups is 1. The molecule has 176 valence electrons. The van der Waals surface area contributed by atoms with Crippen LogP contribution in [0.15, 0.2) is 42.5 Å². The maximum Gasteiger partial charge on any atom is 0.316 e. The summed E-state index contributed by atoms with van der Waals surface area (Å²) in [5, 5.41) is 0.571. The predicted octanol–water partition coefficient (Wildman–Crippen LogP) is 4.29. The number of esters is 1. The fourth-order valence-electron chi connectivity index (χ4n) is 5.28. The maximum absolute atomic E-state index is 12.9. The fourth-order valence-corrected chi connectivity index (χ4v) is 5.40. The quantitative estimate of drug-likeness (QED) is 0.370. The Morgan fingerprint density at radius 1 is 0.971 bits per heavy atom. The summed E-state index contributed by atoms with van der Waals surface area (Å²) in [5.41, 5.74) is 1.90. The number of hydrogen-bond acceptors (Lipinski definition) is 5. The Kier molecular flexibility index (Phi) is 5.90. The van der Waals surface area contributed by atoms with Gasteiger partial charge in [0, 0.05) is 23.7 Å². The second kappa shape index (κ2) is 8.87. The smallest absolute Gasteiger partial charge is 0.316 e. The number of nitrogens with zero attached hydrogens (tertiary/aromatic N) is 2. The monoisotopic (exact) mass is 480 g/mol.